The van der Waals surface area contributed by atoms with Crippen molar-refractivity contribution in [2.45, 2.75) is 31.8 Å². The molecular formula is C14H16O3. The maximum absolute atomic E-state index is 12.0. The van der Waals surface area contributed by atoms with E-state index in [1.165, 1.54) is 0 Å². The standard InChI is InChI=1S/C14H16O3/c15-12-9-5-4-8-11(12)14(17)13(16)10-6-2-1-3-7-10/h1-3,6-7,11,14,17H,4-5,8-9H2. The van der Waals surface area contributed by atoms with Gasteiger partial charge in [-0.15, -0.1) is 0 Å². The molecule has 1 N–H and O–H groups in total. The first-order valence-electron chi connectivity index (χ1n) is 6.00. The van der Waals surface area contributed by atoms with Gasteiger partial charge in [0.05, 0.1) is 5.92 Å². The van der Waals surface area contributed by atoms with Crippen LogP contribution < -0.4 is 0 Å². The summed E-state index contributed by atoms with van der Waals surface area (Å²) >= 11 is 0. The van der Waals surface area contributed by atoms with Crippen molar-refractivity contribution in [3.05, 3.63) is 35.9 Å². The molecule has 0 aliphatic heterocycles. The summed E-state index contributed by atoms with van der Waals surface area (Å²) < 4.78 is 0. The number of aliphatic hydroxyl groups excluding tert-OH is 1. The summed E-state index contributed by atoms with van der Waals surface area (Å²) in [4.78, 5) is 23.6. The third-order valence-corrected chi connectivity index (χ3v) is 3.31. The Morgan fingerprint density at radius 2 is 1.94 bits per heavy atom. The Bertz CT molecular complexity index is 411. The number of aliphatic hydroxyl groups is 1. The smallest absolute Gasteiger partial charge is 0.192 e. The lowest BCUT2D eigenvalue weighted by molar-refractivity contribution is -0.127. The minimum absolute atomic E-state index is 0.0213. The van der Waals surface area contributed by atoms with Gasteiger partial charge in [-0.25, -0.2) is 0 Å². The molecule has 2 unspecified atom stereocenters. The Labute approximate surface area is 100 Å². The first-order chi connectivity index (χ1) is 8.20. The highest BCUT2D eigenvalue weighted by Crippen LogP contribution is 2.25. The van der Waals surface area contributed by atoms with Crippen LogP contribution in [0.5, 0.6) is 0 Å². The lowest BCUT2D eigenvalue weighted by Crippen LogP contribution is -2.36. The topological polar surface area (TPSA) is 54.4 Å². The van der Waals surface area contributed by atoms with Crippen molar-refractivity contribution in [3.63, 3.8) is 0 Å². The highest BCUT2D eigenvalue weighted by molar-refractivity contribution is 6.02. The van der Waals surface area contributed by atoms with Gasteiger partial charge in [-0.2, -0.15) is 0 Å². The van der Waals surface area contributed by atoms with Crippen LogP contribution >= 0.6 is 0 Å². The molecule has 1 aromatic carbocycles. The Balaban J connectivity index is 2.12. The van der Waals surface area contributed by atoms with Crippen LogP contribution in [0.25, 0.3) is 0 Å². The SMILES string of the molecule is O=C(c1ccccc1)C(O)C1CCCCC1=O. The van der Waals surface area contributed by atoms with Crippen LogP contribution in [0.1, 0.15) is 36.0 Å². The molecule has 1 saturated carbocycles. The fraction of sp³-hybridized carbons (Fsp3) is 0.429. The maximum Gasteiger partial charge on any atom is 0.192 e. The molecule has 90 valence electrons. The van der Waals surface area contributed by atoms with Gasteiger partial charge in [0.1, 0.15) is 11.9 Å². The predicted molar refractivity (Wildman–Crippen MR) is 63.7 cm³/mol. The molecule has 2 rings (SSSR count). The average Bonchev–Trinajstić information content (AvgIpc) is 2.39. The van der Waals surface area contributed by atoms with E-state index in [9.17, 15) is 14.7 Å². The highest BCUT2D eigenvalue weighted by Gasteiger charge is 2.33. The molecule has 0 heterocycles. The Morgan fingerprint density at radius 3 is 2.59 bits per heavy atom. The molecule has 17 heavy (non-hydrogen) atoms. The summed E-state index contributed by atoms with van der Waals surface area (Å²) in [5, 5.41) is 10.00. The van der Waals surface area contributed by atoms with Gasteiger partial charge >= 0.3 is 0 Å². The molecule has 2 atom stereocenters. The van der Waals surface area contributed by atoms with Crippen molar-refractivity contribution in [2.75, 3.05) is 0 Å². The molecule has 1 aromatic rings. The molecule has 3 heteroatoms. The summed E-state index contributed by atoms with van der Waals surface area (Å²) in [5.74, 6) is -0.824. The number of carbonyl (C=O) groups is 2. The second-order valence-corrected chi connectivity index (χ2v) is 4.49. The summed E-state index contributed by atoms with van der Waals surface area (Å²) in [5.41, 5.74) is 0.471. The predicted octanol–water partition coefficient (Wildman–Crippen LogP) is 1.99. The van der Waals surface area contributed by atoms with Gasteiger partial charge in [0.2, 0.25) is 0 Å². The number of benzene rings is 1. The van der Waals surface area contributed by atoms with E-state index in [1.54, 1.807) is 24.3 Å². The lowest BCUT2D eigenvalue weighted by Gasteiger charge is -2.24. The van der Waals surface area contributed by atoms with E-state index in [4.69, 9.17) is 0 Å². The van der Waals surface area contributed by atoms with Gasteiger partial charge in [-0.3, -0.25) is 9.59 Å². The van der Waals surface area contributed by atoms with Crippen LogP contribution in [0.15, 0.2) is 30.3 Å². The summed E-state index contributed by atoms with van der Waals surface area (Å²) in [6, 6.07) is 8.65. The van der Waals surface area contributed by atoms with Crippen molar-refractivity contribution in [1.29, 1.82) is 0 Å². The van der Waals surface area contributed by atoms with Gasteiger partial charge < -0.3 is 5.11 Å². The van der Waals surface area contributed by atoms with Gasteiger partial charge in [-0.05, 0) is 12.8 Å². The minimum Gasteiger partial charge on any atom is -0.384 e. The largest absolute Gasteiger partial charge is 0.384 e. The lowest BCUT2D eigenvalue weighted by atomic mass is 9.81. The second-order valence-electron chi connectivity index (χ2n) is 4.49. The fourth-order valence-corrected chi connectivity index (χ4v) is 2.30. The molecule has 0 bridgehead atoms. The summed E-state index contributed by atoms with van der Waals surface area (Å²) in [7, 11) is 0. The van der Waals surface area contributed by atoms with Crippen LogP contribution in [-0.2, 0) is 4.79 Å². The van der Waals surface area contributed by atoms with Crippen molar-refractivity contribution in [2.24, 2.45) is 5.92 Å². The van der Waals surface area contributed by atoms with Crippen LogP contribution in [0, 0.1) is 5.92 Å². The summed E-state index contributed by atoms with van der Waals surface area (Å²) in [6.07, 6.45) is 1.73. The molecule has 1 fully saturated rings. The van der Waals surface area contributed by atoms with Crippen LogP contribution in [-0.4, -0.2) is 22.8 Å². The second kappa shape index (κ2) is 5.23. The average molecular weight is 232 g/mol. The number of ketones is 2. The van der Waals surface area contributed by atoms with Crippen molar-refractivity contribution >= 4 is 11.6 Å². The van der Waals surface area contributed by atoms with Gasteiger partial charge in [-0.1, -0.05) is 36.8 Å². The molecule has 0 radical (unpaired) electrons. The van der Waals surface area contributed by atoms with E-state index in [0.29, 0.717) is 18.4 Å². The normalized spacial score (nSPS) is 22.2. The number of hydrogen-bond donors (Lipinski definition) is 1. The van der Waals surface area contributed by atoms with Crippen molar-refractivity contribution in [3.8, 4) is 0 Å². The van der Waals surface area contributed by atoms with Crippen molar-refractivity contribution < 1.29 is 14.7 Å². The maximum atomic E-state index is 12.0. The van der Waals surface area contributed by atoms with Gasteiger partial charge in [0.15, 0.2) is 5.78 Å². The zero-order valence-electron chi connectivity index (χ0n) is 9.63. The van der Waals surface area contributed by atoms with E-state index < -0.39 is 12.0 Å². The molecule has 1 aliphatic rings. The molecule has 0 spiro atoms. The zero-order chi connectivity index (χ0) is 12.3. The van der Waals surface area contributed by atoms with E-state index in [1.807, 2.05) is 6.07 Å². The zero-order valence-corrected chi connectivity index (χ0v) is 9.63. The van der Waals surface area contributed by atoms with Crippen LogP contribution in [0.4, 0.5) is 0 Å². The highest BCUT2D eigenvalue weighted by atomic mass is 16.3. The Kier molecular flexibility index (Phi) is 3.69. The van der Waals surface area contributed by atoms with Crippen LogP contribution in [0.2, 0.25) is 0 Å². The summed E-state index contributed by atoms with van der Waals surface area (Å²) in [6.45, 7) is 0. The molecule has 0 aromatic heterocycles. The van der Waals surface area contributed by atoms with Gasteiger partial charge in [0, 0.05) is 12.0 Å². The van der Waals surface area contributed by atoms with E-state index in [0.717, 1.165) is 12.8 Å². The number of rotatable bonds is 3. The minimum atomic E-state index is -1.18. The third-order valence-electron chi connectivity index (χ3n) is 3.31. The Morgan fingerprint density at radius 1 is 1.24 bits per heavy atom. The number of Topliss-reactive ketones (excluding diaryl/α,β-unsaturated/α-hetero) is 2. The first kappa shape index (κ1) is 12.0. The molecule has 1 aliphatic carbocycles. The molecule has 0 saturated heterocycles. The molecular weight excluding hydrogens is 216 g/mol. The van der Waals surface area contributed by atoms with E-state index in [2.05, 4.69) is 0 Å². The van der Waals surface area contributed by atoms with Gasteiger partial charge in [0.25, 0.3) is 0 Å². The monoisotopic (exact) mass is 232 g/mol. The van der Waals surface area contributed by atoms with Crippen LogP contribution in [0.3, 0.4) is 0 Å². The molecule has 3 nitrogen and oxygen atoms in total. The van der Waals surface area contributed by atoms with E-state index >= 15 is 0 Å². The quantitative estimate of drug-likeness (QED) is 0.811. The van der Waals surface area contributed by atoms with E-state index in [-0.39, 0.29) is 11.6 Å². The molecule has 0 amide bonds. The first-order valence-corrected chi connectivity index (χ1v) is 6.00. The van der Waals surface area contributed by atoms with Crippen molar-refractivity contribution in [1.82, 2.24) is 0 Å². The number of hydrogen-bond acceptors (Lipinski definition) is 3. The third kappa shape index (κ3) is 2.61. The fourth-order valence-electron chi connectivity index (χ4n) is 2.30. The Hall–Kier alpha value is -1.48. The number of carbonyl (C=O) groups excluding carboxylic acids is 2.